The Bertz CT molecular complexity index is 609. The largest absolute Gasteiger partial charge is 0.477 e. The van der Waals surface area contributed by atoms with E-state index in [1.54, 1.807) is 23.6 Å². The number of nitrogens with one attached hydrogen (secondary N) is 1. The Balaban J connectivity index is 1.77. The molecule has 1 aliphatic carbocycles. The van der Waals surface area contributed by atoms with Gasteiger partial charge in [-0.05, 0) is 24.8 Å². The molecule has 2 heterocycles. The average molecular weight is 290 g/mol. The highest BCUT2D eigenvalue weighted by Gasteiger charge is 2.22. The van der Waals surface area contributed by atoms with Gasteiger partial charge >= 0.3 is 5.97 Å². The number of nitrogens with zero attached hydrogens (tertiary/aromatic N) is 1. The van der Waals surface area contributed by atoms with Crippen LogP contribution in [0, 0.1) is 5.92 Å². The van der Waals surface area contributed by atoms with E-state index in [4.69, 9.17) is 10.1 Å². The van der Waals surface area contributed by atoms with Gasteiger partial charge in [0.2, 0.25) is 0 Å². The molecule has 2 aromatic heterocycles. The fraction of sp³-hybridized carbons (Fsp3) is 0.467. The first-order valence-corrected chi connectivity index (χ1v) is 7.89. The highest BCUT2D eigenvalue weighted by Crippen LogP contribution is 2.38. The lowest BCUT2D eigenvalue weighted by Crippen LogP contribution is -2.10. The van der Waals surface area contributed by atoms with Crippen LogP contribution in [0.5, 0.6) is 0 Å². The first-order valence-electron chi connectivity index (χ1n) is 7.01. The predicted molar refractivity (Wildman–Crippen MR) is 79.2 cm³/mol. The molecule has 0 bridgehead atoms. The highest BCUT2D eigenvalue weighted by atomic mass is 32.1. The molecule has 0 atom stereocenters. The van der Waals surface area contributed by atoms with Gasteiger partial charge in [0.15, 0.2) is 0 Å². The molecule has 2 aromatic rings. The summed E-state index contributed by atoms with van der Waals surface area (Å²) in [7, 11) is 0. The number of thiazole rings is 1. The third kappa shape index (κ3) is 2.63. The quantitative estimate of drug-likeness (QED) is 0.893. The van der Waals surface area contributed by atoms with E-state index in [0.717, 1.165) is 17.2 Å². The minimum Gasteiger partial charge on any atom is -0.477 e. The van der Waals surface area contributed by atoms with Crippen molar-refractivity contribution < 1.29 is 9.90 Å². The van der Waals surface area contributed by atoms with E-state index in [-0.39, 0.29) is 5.69 Å². The van der Waals surface area contributed by atoms with E-state index < -0.39 is 5.97 Å². The number of carboxylic acids is 1. The van der Waals surface area contributed by atoms with Crippen LogP contribution in [0.4, 0.5) is 0 Å². The minimum atomic E-state index is -0.937. The van der Waals surface area contributed by atoms with Crippen LogP contribution >= 0.6 is 11.3 Å². The number of hydrogen-bond acceptors (Lipinski definition) is 3. The molecule has 106 valence electrons. The van der Waals surface area contributed by atoms with E-state index >= 15 is 0 Å². The van der Waals surface area contributed by atoms with Gasteiger partial charge in [0.05, 0.1) is 10.7 Å². The van der Waals surface area contributed by atoms with E-state index in [1.165, 1.54) is 30.7 Å². The molecule has 1 aliphatic rings. The smallest absolute Gasteiger partial charge is 0.352 e. The molecule has 0 amide bonds. The number of rotatable bonds is 3. The number of carboxylic acid groups (broad SMARTS) is 1. The van der Waals surface area contributed by atoms with Gasteiger partial charge in [0, 0.05) is 23.1 Å². The maximum Gasteiger partial charge on any atom is 0.352 e. The minimum absolute atomic E-state index is 0.209. The Morgan fingerprint density at radius 3 is 2.80 bits per heavy atom. The topological polar surface area (TPSA) is 66.0 Å². The maximum absolute atomic E-state index is 10.9. The summed E-state index contributed by atoms with van der Waals surface area (Å²) >= 11 is 1.70. The van der Waals surface area contributed by atoms with Crippen LogP contribution in [0.25, 0.3) is 11.3 Å². The standard InChI is InChI=1S/C15H18N2O2S/c1-9-2-4-10(5-3-9)14-17-13(8-20-14)11-6-12(15(18)19)16-7-11/h6-10,16H,2-5H2,1H3,(H,18,19). The van der Waals surface area contributed by atoms with Crippen molar-refractivity contribution in [2.24, 2.45) is 5.92 Å². The first kappa shape index (κ1) is 13.4. The summed E-state index contributed by atoms with van der Waals surface area (Å²) in [6.07, 6.45) is 6.73. The number of H-pyrrole nitrogens is 1. The number of aromatic carboxylic acids is 1. The lowest BCUT2D eigenvalue weighted by atomic mass is 9.83. The van der Waals surface area contributed by atoms with Crippen LogP contribution in [0.1, 0.15) is 54.0 Å². The summed E-state index contributed by atoms with van der Waals surface area (Å²) in [5.41, 5.74) is 1.95. The van der Waals surface area contributed by atoms with Crippen molar-refractivity contribution in [3.05, 3.63) is 28.3 Å². The SMILES string of the molecule is CC1CCC(c2nc(-c3c[nH]c(C(=O)O)c3)cs2)CC1. The van der Waals surface area contributed by atoms with Crippen LogP contribution in [-0.4, -0.2) is 21.0 Å². The number of carbonyl (C=O) groups is 1. The van der Waals surface area contributed by atoms with Gasteiger partial charge in [-0.1, -0.05) is 19.8 Å². The zero-order chi connectivity index (χ0) is 14.1. The molecule has 4 nitrogen and oxygen atoms in total. The van der Waals surface area contributed by atoms with Gasteiger partial charge in [-0.2, -0.15) is 0 Å². The van der Waals surface area contributed by atoms with Gasteiger partial charge in [-0.15, -0.1) is 11.3 Å². The van der Waals surface area contributed by atoms with Crippen molar-refractivity contribution in [3.63, 3.8) is 0 Å². The average Bonchev–Trinajstić information content (AvgIpc) is 3.08. The van der Waals surface area contributed by atoms with Crippen molar-refractivity contribution in [1.82, 2.24) is 9.97 Å². The number of hydrogen-bond donors (Lipinski definition) is 2. The Morgan fingerprint density at radius 1 is 1.40 bits per heavy atom. The molecular weight excluding hydrogens is 272 g/mol. The molecule has 20 heavy (non-hydrogen) atoms. The van der Waals surface area contributed by atoms with Crippen LogP contribution in [0.15, 0.2) is 17.6 Å². The van der Waals surface area contributed by atoms with Crippen molar-refractivity contribution in [2.75, 3.05) is 0 Å². The van der Waals surface area contributed by atoms with Crippen LogP contribution in [0.2, 0.25) is 0 Å². The van der Waals surface area contributed by atoms with E-state index in [0.29, 0.717) is 5.92 Å². The van der Waals surface area contributed by atoms with Crippen molar-refractivity contribution in [2.45, 2.75) is 38.5 Å². The van der Waals surface area contributed by atoms with Gasteiger partial charge in [-0.3, -0.25) is 0 Å². The highest BCUT2D eigenvalue weighted by molar-refractivity contribution is 7.10. The number of aromatic amines is 1. The zero-order valence-corrected chi connectivity index (χ0v) is 12.2. The normalized spacial score (nSPS) is 22.9. The fourth-order valence-electron chi connectivity index (χ4n) is 2.78. The Labute approximate surface area is 121 Å². The lowest BCUT2D eigenvalue weighted by Gasteiger charge is -2.24. The molecule has 5 heteroatoms. The molecule has 3 rings (SSSR count). The molecular formula is C15H18N2O2S. The maximum atomic E-state index is 10.9. The van der Waals surface area contributed by atoms with Crippen molar-refractivity contribution in [3.8, 4) is 11.3 Å². The summed E-state index contributed by atoms with van der Waals surface area (Å²) in [5, 5.41) is 12.2. The summed E-state index contributed by atoms with van der Waals surface area (Å²) in [5.74, 6) is 0.490. The van der Waals surface area contributed by atoms with Gasteiger partial charge in [-0.25, -0.2) is 9.78 Å². The summed E-state index contributed by atoms with van der Waals surface area (Å²) in [6, 6.07) is 1.64. The monoisotopic (exact) mass is 290 g/mol. The molecule has 1 saturated carbocycles. The molecule has 0 unspecified atom stereocenters. The molecule has 1 fully saturated rings. The van der Waals surface area contributed by atoms with Crippen LogP contribution in [-0.2, 0) is 0 Å². The second-order valence-corrected chi connectivity index (χ2v) is 6.52. The number of aromatic nitrogens is 2. The Kier molecular flexibility index (Phi) is 3.61. The van der Waals surface area contributed by atoms with Crippen molar-refractivity contribution in [1.29, 1.82) is 0 Å². The second-order valence-electron chi connectivity index (χ2n) is 5.63. The van der Waals surface area contributed by atoms with Crippen LogP contribution < -0.4 is 0 Å². The predicted octanol–water partition coefficient (Wildman–Crippen LogP) is 4.13. The summed E-state index contributed by atoms with van der Waals surface area (Å²) < 4.78 is 0. The van der Waals surface area contributed by atoms with Gasteiger partial charge in [0.1, 0.15) is 5.69 Å². The molecule has 0 aromatic carbocycles. The van der Waals surface area contributed by atoms with Crippen LogP contribution in [0.3, 0.4) is 0 Å². The van der Waals surface area contributed by atoms with E-state index in [2.05, 4.69) is 11.9 Å². The third-order valence-electron chi connectivity index (χ3n) is 4.10. The molecule has 0 radical (unpaired) electrons. The van der Waals surface area contributed by atoms with Crippen molar-refractivity contribution >= 4 is 17.3 Å². The Morgan fingerprint density at radius 2 is 2.15 bits per heavy atom. The van der Waals surface area contributed by atoms with E-state index in [9.17, 15) is 4.79 Å². The van der Waals surface area contributed by atoms with E-state index in [1.807, 2.05) is 5.38 Å². The molecule has 0 aliphatic heterocycles. The summed E-state index contributed by atoms with van der Waals surface area (Å²) in [6.45, 7) is 2.32. The molecule has 0 saturated heterocycles. The summed E-state index contributed by atoms with van der Waals surface area (Å²) in [4.78, 5) is 18.4. The first-order chi connectivity index (χ1) is 9.63. The third-order valence-corrected chi connectivity index (χ3v) is 5.10. The fourth-order valence-corrected chi connectivity index (χ4v) is 3.78. The van der Waals surface area contributed by atoms with Gasteiger partial charge < -0.3 is 10.1 Å². The zero-order valence-electron chi connectivity index (χ0n) is 11.4. The molecule has 2 N–H and O–H groups in total. The second kappa shape index (κ2) is 5.40. The molecule has 0 spiro atoms. The Hall–Kier alpha value is -1.62. The lowest BCUT2D eigenvalue weighted by molar-refractivity contribution is 0.0691. The van der Waals surface area contributed by atoms with Gasteiger partial charge in [0.25, 0.3) is 0 Å².